The summed E-state index contributed by atoms with van der Waals surface area (Å²) in [5.41, 5.74) is -0.105. The summed E-state index contributed by atoms with van der Waals surface area (Å²) in [6.45, 7) is 6.75. The fraction of sp³-hybridized carbons (Fsp3) is 0.900. The molecule has 1 aliphatic heterocycles. The molecular weight excluding hydrogens is 166 g/mol. The van der Waals surface area contributed by atoms with Gasteiger partial charge in [-0.15, -0.1) is 0 Å². The Bertz CT molecular complexity index is 196. The highest BCUT2D eigenvalue weighted by Crippen LogP contribution is 2.18. The molecule has 1 heterocycles. The summed E-state index contributed by atoms with van der Waals surface area (Å²) < 4.78 is 5.64. The lowest BCUT2D eigenvalue weighted by molar-refractivity contribution is -0.129. The van der Waals surface area contributed by atoms with Gasteiger partial charge in [0, 0.05) is 13.5 Å². The van der Waals surface area contributed by atoms with Crippen molar-refractivity contribution in [3.05, 3.63) is 0 Å². The molecule has 1 atom stereocenters. The van der Waals surface area contributed by atoms with Gasteiger partial charge < -0.3 is 9.64 Å². The van der Waals surface area contributed by atoms with E-state index in [1.807, 2.05) is 27.8 Å². The quantitative estimate of drug-likeness (QED) is 0.651. The first-order valence-corrected chi connectivity index (χ1v) is 4.80. The molecule has 1 fully saturated rings. The maximum Gasteiger partial charge on any atom is 0.222 e. The topological polar surface area (TPSA) is 29.5 Å². The Morgan fingerprint density at radius 3 is 2.54 bits per heavy atom. The number of likely N-dealkylation sites (N-methyl/N-ethyl adjacent to an activating group) is 1. The molecule has 3 nitrogen and oxygen atoms in total. The maximum atomic E-state index is 11.2. The number of nitrogens with zero attached hydrogens (tertiary/aromatic N) is 1. The molecule has 76 valence electrons. The van der Waals surface area contributed by atoms with Crippen molar-refractivity contribution >= 4 is 5.91 Å². The smallest absolute Gasteiger partial charge is 0.222 e. The van der Waals surface area contributed by atoms with Crippen LogP contribution in [0.1, 0.15) is 33.6 Å². The first kappa shape index (κ1) is 10.5. The molecule has 0 aromatic carbocycles. The Hall–Kier alpha value is -0.570. The lowest BCUT2D eigenvalue weighted by Crippen LogP contribution is -2.35. The molecule has 0 spiro atoms. The van der Waals surface area contributed by atoms with Crippen LogP contribution in [0.3, 0.4) is 0 Å². The zero-order valence-corrected chi connectivity index (χ0v) is 8.96. The van der Waals surface area contributed by atoms with Crippen LogP contribution in [-0.2, 0) is 9.53 Å². The van der Waals surface area contributed by atoms with Crippen LogP contribution < -0.4 is 0 Å². The van der Waals surface area contributed by atoms with Crippen molar-refractivity contribution in [2.45, 2.75) is 45.3 Å². The Balaban J connectivity index is 2.35. The number of carbonyl (C=O) groups is 1. The second kappa shape index (κ2) is 3.66. The van der Waals surface area contributed by atoms with Gasteiger partial charge in [-0.1, -0.05) is 0 Å². The maximum absolute atomic E-state index is 11.2. The number of carbonyl (C=O) groups excluding carboxylic acids is 1. The molecule has 1 rings (SSSR count). The minimum atomic E-state index is -0.105. The predicted molar refractivity (Wildman–Crippen MR) is 51.5 cm³/mol. The third-order valence-electron chi connectivity index (χ3n) is 2.34. The van der Waals surface area contributed by atoms with Gasteiger partial charge in [-0.05, 0) is 27.2 Å². The van der Waals surface area contributed by atoms with E-state index in [1.165, 1.54) is 0 Å². The van der Waals surface area contributed by atoms with Gasteiger partial charge >= 0.3 is 0 Å². The molecule has 1 saturated heterocycles. The van der Waals surface area contributed by atoms with Crippen LogP contribution in [0, 0.1) is 0 Å². The van der Waals surface area contributed by atoms with Gasteiger partial charge in [0.1, 0.15) is 0 Å². The van der Waals surface area contributed by atoms with E-state index in [1.54, 1.807) is 4.90 Å². The molecule has 0 aromatic rings. The number of hydrogen-bond donors (Lipinski definition) is 0. The van der Waals surface area contributed by atoms with Gasteiger partial charge in [0.25, 0.3) is 0 Å². The van der Waals surface area contributed by atoms with Gasteiger partial charge in [0.05, 0.1) is 18.2 Å². The highest BCUT2D eigenvalue weighted by molar-refractivity contribution is 5.78. The van der Waals surface area contributed by atoms with E-state index in [4.69, 9.17) is 4.74 Å². The molecule has 0 bridgehead atoms. The molecule has 0 N–H and O–H groups in total. The fourth-order valence-electron chi connectivity index (χ4n) is 1.41. The summed E-state index contributed by atoms with van der Waals surface area (Å²) >= 11 is 0. The highest BCUT2D eigenvalue weighted by Gasteiger charge is 2.28. The molecule has 1 unspecified atom stereocenters. The van der Waals surface area contributed by atoms with Crippen LogP contribution in [0.4, 0.5) is 0 Å². The normalized spacial score (nSPS) is 24.2. The predicted octanol–water partition coefficient (Wildman–Crippen LogP) is 1.42. The van der Waals surface area contributed by atoms with Gasteiger partial charge in [-0.2, -0.15) is 0 Å². The van der Waals surface area contributed by atoms with Crippen LogP contribution in [0.15, 0.2) is 0 Å². The molecule has 0 saturated carbocycles. The summed E-state index contributed by atoms with van der Waals surface area (Å²) in [6, 6.07) is 0.284. The Morgan fingerprint density at radius 1 is 1.54 bits per heavy atom. The molecule has 1 amide bonds. The average molecular weight is 185 g/mol. The fourth-order valence-corrected chi connectivity index (χ4v) is 1.41. The SMILES string of the molecule is CN1C(=O)CCC1COC(C)(C)C. The van der Waals surface area contributed by atoms with Crippen LogP contribution >= 0.6 is 0 Å². The van der Waals surface area contributed by atoms with E-state index in [9.17, 15) is 4.79 Å². The third kappa shape index (κ3) is 2.99. The Labute approximate surface area is 80.1 Å². The van der Waals surface area contributed by atoms with E-state index in [0.717, 1.165) is 6.42 Å². The number of likely N-dealkylation sites (tertiary alicyclic amines) is 1. The monoisotopic (exact) mass is 185 g/mol. The first-order valence-electron chi connectivity index (χ1n) is 4.80. The molecule has 3 heteroatoms. The minimum Gasteiger partial charge on any atom is -0.374 e. The van der Waals surface area contributed by atoms with Crippen molar-refractivity contribution in [2.24, 2.45) is 0 Å². The van der Waals surface area contributed by atoms with Crippen LogP contribution in [0.25, 0.3) is 0 Å². The number of rotatable bonds is 2. The van der Waals surface area contributed by atoms with Crippen molar-refractivity contribution in [1.82, 2.24) is 4.90 Å². The van der Waals surface area contributed by atoms with E-state index < -0.39 is 0 Å². The summed E-state index contributed by atoms with van der Waals surface area (Å²) in [7, 11) is 1.85. The van der Waals surface area contributed by atoms with Crippen LogP contribution in [0.2, 0.25) is 0 Å². The van der Waals surface area contributed by atoms with Crippen molar-refractivity contribution in [1.29, 1.82) is 0 Å². The molecular formula is C10H19NO2. The summed E-state index contributed by atoms with van der Waals surface area (Å²) in [4.78, 5) is 13.0. The largest absolute Gasteiger partial charge is 0.374 e. The van der Waals surface area contributed by atoms with Gasteiger partial charge in [-0.25, -0.2) is 0 Å². The average Bonchev–Trinajstić information content (AvgIpc) is 2.29. The number of amides is 1. The summed E-state index contributed by atoms with van der Waals surface area (Å²) in [6.07, 6.45) is 1.61. The lowest BCUT2D eigenvalue weighted by Gasteiger charge is -2.25. The van der Waals surface area contributed by atoms with E-state index in [-0.39, 0.29) is 17.6 Å². The highest BCUT2D eigenvalue weighted by atomic mass is 16.5. The number of hydrogen-bond acceptors (Lipinski definition) is 2. The second-order valence-electron chi connectivity index (χ2n) is 4.62. The molecule has 13 heavy (non-hydrogen) atoms. The standard InChI is InChI=1S/C10H19NO2/c1-10(2,3)13-7-8-5-6-9(12)11(8)4/h8H,5-7H2,1-4H3. The van der Waals surface area contributed by atoms with E-state index in [2.05, 4.69) is 0 Å². The van der Waals surface area contributed by atoms with Gasteiger partial charge in [0.15, 0.2) is 0 Å². The van der Waals surface area contributed by atoms with Crippen molar-refractivity contribution in [2.75, 3.05) is 13.7 Å². The first-order chi connectivity index (χ1) is 5.90. The van der Waals surface area contributed by atoms with Crippen molar-refractivity contribution in [3.8, 4) is 0 Å². The second-order valence-corrected chi connectivity index (χ2v) is 4.62. The Morgan fingerprint density at radius 2 is 2.15 bits per heavy atom. The molecule has 1 aliphatic rings. The molecule has 0 aromatic heterocycles. The number of ether oxygens (including phenoxy) is 1. The minimum absolute atomic E-state index is 0.105. The summed E-state index contributed by atoms with van der Waals surface area (Å²) in [5.74, 6) is 0.238. The molecule has 0 radical (unpaired) electrons. The van der Waals surface area contributed by atoms with Gasteiger partial charge in [0.2, 0.25) is 5.91 Å². The lowest BCUT2D eigenvalue weighted by atomic mass is 10.2. The van der Waals surface area contributed by atoms with Crippen LogP contribution in [-0.4, -0.2) is 36.1 Å². The molecule has 0 aliphatic carbocycles. The van der Waals surface area contributed by atoms with Crippen molar-refractivity contribution < 1.29 is 9.53 Å². The van der Waals surface area contributed by atoms with Crippen molar-refractivity contribution in [3.63, 3.8) is 0 Å². The zero-order valence-electron chi connectivity index (χ0n) is 8.96. The van der Waals surface area contributed by atoms with E-state index >= 15 is 0 Å². The summed E-state index contributed by atoms with van der Waals surface area (Å²) in [5, 5.41) is 0. The Kier molecular flexibility index (Phi) is 2.96. The third-order valence-corrected chi connectivity index (χ3v) is 2.34. The zero-order chi connectivity index (χ0) is 10.1. The van der Waals surface area contributed by atoms with E-state index in [0.29, 0.717) is 13.0 Å². The van der Waals surface area contributed by atoms with Crippen LogP contribution in [0.5, 0.6) is 0 Å². The van der Waals surface area contributed by atoms with Gasteiger partial charge in [-0.3, -0.25) is 4.79 Å².